The molecule has 0 radical (unpaired) electrons. The van der Waals surface area contributed by atoms with Crippen LogP contribution in [0.2, 0.25) is 0 Å². The number of allylic oxidation sites excluding steroid dienone is 5. The van der Waals surface area contributed by atoms with Crippen molar-refractivity contribution in [2.75, 3.05) is 38.2 Å². The highest BCUT2D eigenvalue weighted by Crippen LogP contribution is 2.56. The Kier molecular flexibility index (Phi) is 13.6. The van der Waals surface area contributed by atoms with Crippen LogP contribution in [0.5, 0.6) is 0 Å². The SMILES string of the molecule is CO[C@H]1/C=C/O[C@@]2(C)OC3=C(C)C(=O)C4C(O)=C(NC(=O)/C(C)=C\C=C\[C@H](C)[C@H](O)[C@@H](C)[C@@H](O)[C@@H](C)[C@H](OC(C)=O)[C@@H]1C)c1oc5cc(N6CC(N7CCCCC7)C6)cc(=O)c-5nc1C4C3=C2O. The molecule has 68 heavy (non-hydrogen) atoms. The molecule has 11 atom stereocenters. The molecule has 17 nitrogen and oxygen atoms in total. The number of carbonyl (C=O) groups is 3. The van der Waals surface area contributed by atoms with Gasteiger partial charge in [0.25, 0.3) is 5.91 Å². The third-order valence-electron chi connectivity index (χ3n) is 15.0. The minimum absolute atomic E-state index is 0.00753. The first-order chi connectivity index (χ1) is 32.3. The van der Waals surface area contributed by atoms with Crippen LogP contribution in [0.15, 0.2) is 85.9 Å². The van der Waals surface area contributed by atoms with Crippen LogP contribution < -0.4 is 15.6 Å². The number of nitrogens with zero attached hydrogens (tertiary/aromatic N) is 3. The Morgan fingerprint density at radius 1 is 0.941 bits per heavy atom. The highest BCUT2D eigenvalue weighted by Gasteiger charge is 2.58. The van der Waals surface area contributed by atoms with Gasteiger partial charge in [-0.1, -0.05) is 52.3 Å². The molecule has 2 saturated heterocycles. The second-order valence-electron chi connectivity index (χ2n) is 19.5. The van der Waals surface area contributed by atoms with Crippen molar-refractivity contribution >= 4 is 29.0 Å². The molecule has 8 aliphatic rings. The van der Waals surface area contributed by atoms with Crippen LogP contribution in [-0.2, 0) is 33.3 Å². The fourth-order valence-electron chi connectivity index (χ4n) is 10.7. The van der Waals surface area contributed by atoms with Gasteiger partial charge in [0.05, 0.1) is 47.7 Å². The fraction of sp³-hybridized carbons (Fsp3) is 0.549. The number of carbonyl (C=O) groups excluding carboxylic acids is 3. The number of ether oxygens (including phenoxy) is 4. The van der Waals surface area contributed by atoms with E-state index in [1.807, 2.05) is 0 Å². The van der Waals surface area contributed by atoms with Crippen LogP contribution in [0.25, 0.3) is 17.2 Å². The van der Waals surface area contributed by atoms with Crippen LogP contribution in [0.3, 0.4) is 0 Å². The first-order valence-electron chi connectivity index (χ1n) is 23.6. The largest absolute Gasteiger partial charge is 0.509 e. The van der Waals surface area contributed by atoms with Crippen molar-refractivity contribution in [3.8, 4) is 11.5 Å². The number of aromatic nitrogens is 1. The topological polar surface area (TPSA) is 231 Å². The summed E-state index contributed by atoms with van der Waals surface area (Å²) in [7, 11) is 1.45. The Bertz CT molecular complexity index is 2560. The molecule has 0 aromatic rings. The van der Waals surface area contributed by atoms with Crippen LogP contribution >= 0.6 is 0 Å². The number of likely N-dealkylation sites (tertiary alicyclic amines) is 1. The minimum atomic E-state index is -1.95. The number of methoxy groups -OCH3 is 1. The number of ketones is 1. The van der Waals surface area contributed by atoms with Crippen molar-refractivity contribution in [2.45, 2.75) is 117 Å². The van der Waals surface area contributed by atoms with Crippen molar-refractivity contribution < 1.29 is 58.2 Å². The molecule has 366 valence electrons. The first kappa shape index (κ1) is 48.7. The lowest BCUT2D eigenvalue weighted by molar-refractivity contribution is -0.160. The lowest BCUT2D eigenvalue weighted by Gasteiger charge is -2.47. The van der Waals surface area contributed by atoms with Crippen molar-refractivity contribution in [2.24, 2.45) is 29.6 Å². The van der Waals surface area contributed by atoms with Crippen molar-refractivity contribution in [1.29, 1.82) is 0 Å². The molecular formula is C51H64N4O13. The predicted octanol–water partition coefficient (Wildman–Crippen LogP) is 5.54. The summed E-state index contributed by atoms with van der Waals surface area (Å²) in [6.45, 7) is 16.2. The van der Waals surface area contributed by atoms with E-state index in [4.69, 9.17) is 28.3 Å². The maximum atomic E-state index is 14.5. The Morgan fingerprint density at radius 3 is 2.32 bits per heavy atom. The molecule has 5 heterocycles. The van der Waals surface area contributed by atoms with E-state index in [1.165, 1.54) is 58.8 Å². The fourth-order valence-corrected chi connectivity index (χ4v) is 10.7. The van der Waals surface area contributed by atoms with Crippen LogP contribution in [-0.4, -0.2) is 118 Å². The number of amides is 1. The van der Waals surface area contributed by atoms with E-state index in [0.29, 0.717) is 11.7 Å². The van der Waals surface area contributed by atoms with Crippen molar-refractivity contribution in [3.05, 3.63) is 98.4 Å². The van der Waals surface area contributed by atoms with Crippen molar-refractivity contribution in [1.82, 2.24) is 15.2 Å². The standard InChI is InChI=1S/C51H64N4O13/c1-24-14-13-15-25(2)50(63)53-41-45(61)37-36(40-48(41)67-35-21-31(20-33(57)39(35)52-40)55-22-32(23-55)54-17-11-10-12-18-54)38-47(29(6)44(37)60)68-51(8,49(38)62)65-19-16-34(64-9)26(3)46(66-30(7)56)28(5)43(59)27(4)42(24)58/h13-16,19-21,24,26-28,32,34,36-37,42-43,46,58-59,61-62H,10-12,17-18,22-23H2,1-9H3,(H,53,63)/b14-13+,19-16+,25-15-/t24-,26+,27+,28+,34-,36?,37?,42-,43+,46+,51-/m0/s1. The number of nitrogens with one attached hydrogen (secondary N) is 1. The highest BCUT2D eigenvalue weighted by atomic mass is 16.7. The summed E-state index contributed by atoms with van der Waals surface area (Å²) in [4.78, 5) is 64.5. The molecule has 0 spiro atoms. The Balaban J connectivity index is 1.25. The second-order valence-corrected chi connectivity index (χ2v) is 19.5. The van der Waals surface area contributed by atoms with Gasteiger partial charge in [-0.2, -0.15) is 0 Å². The summed E-state index contributed by atoms with van der Waals surface area (Å²) >= 11 is 0. The minimum Gasteiger partial charge on any atom is -0.509 e. The summed E-state index contributed by atoms with van der Waals surface area (Å²) in [5.41, 5.74) is 0.171. The third-order valence-corrected chi connectivity index (χ3v) is 15.0. The number of aliphatic hydroxyl groups is 4. The summed E-state index contributed by atoms with van der Waals surface area (Å²) < 4.78 is 30.6. The van der Waals surface area contributed by atoms with E-state index in [1.54, 1.807) is 52.8 Å². The Labute approximate surface area is 395 Å². The molecule has 5 aliphatic heterocycles. The molecule has 3 aliphatic carbocycles. The maximum absolute atomic E-state index is 14.5. The highest BCUT2D eigenvalue weighted by molar-refractivity contribution is 6.06. The molecular weight excluding hydrogens is 877 g/mol. The number of aliphatic hydroxyl groups excluding tert-OH is 4. The van der Waals surface area contributed by atoms with Gasteiger partial charge in [-0.25, -0.2) is 4.98 Å². The second kappa shape index (κ2) is 19.0. The molecule has 1 amide bonds. The summed E-state index contributed by atoms with van der Waals surface area (Å²) in [5, 5.41) is 50.3. The number of anilines is 1. The predicted molar refractivity (Wildman–Crippen MR) is 250 cm³/mol. The average Bonchev–Trinajstić information content (AvgIpc) is 3.56. The van der Waals surface area contributed by atoms with E-state index in [0.717, 1.165) is 39.0 Å². The zero-order chi connectivity index (χ0) is 49.1. The van der Waals surface area contributed by atoms with E-state index >= 15 is 0 Å². The lowest BCUT2D eigenvalue weighted by Crippen LogP contribution is -2.60. The molecule has 0 aromatic carbocycles. The number of piperidine rings is 1. The molecule has 2 unspecified atom stereocenters. The molecule has 5 N–H and O–H groups in total. The number of Topliss-reactive ketones (excluding diaryl/α,β-unsaturated/α-hetero) is 1. The van der Waals surface area contributed by atoms with Gasteiger partial charge in [-0.05, 0) is 45.9 Å². The molecule has 0 saturated carbocycles. The van der Waals surface area contributed by atoms with Crippen LogP contribution in [0, 0.1) is 29.6 Å². The third kappa shape index (κ3) is 8.66. The number of fused-ring (bicyclic) bond motifs is 2. The van der Waals surface area contributed by atoms with Gasteiger partial charge in [0.1, 0.15) is 23.3 Å². The van der Waals surface area contributed by atoms with E-state index in [9.17, 15) is 39.6 Å². The molecule has 2 fully saturated rings. The van der Waals surface area contributed by atoms with Gasteiger partial charge >= 0.3 is 11.8 Å². The normalized spacial score (nSPS) is 34.9. The number of esters is 1. The van der Waals surface area contributed by atoms with Gasteiger partial charge in [0.15, 0.2) is 28.8 Å². The van der Waals surface area contributed by atoms with E-state index in [2.05, 4.69) is 15.1 Å². The zero-order valence-corrected chi connectivity index (χ0v) is 40.1. The van der Waals surface area contributed by atoms with Gasteiger partial charge in [-0.15, -0.1) is 0 Å². The summed E-state index contributed by atoms with van der Waals surface area (Å²) in [6.07, 6.45) is 7.24. The monoisotopic (exact) mass is 940 g/mol. The summed E-state index contributed by atoms with van der Waals surface area (Å²) in [6, 6.07) is 3.58. The molecule has 0 aromatic heterocycles. The smallest absolute Gasteiger partial charge is 0.306 e. The number of benzene rings is 1. The van der Waals surface area contributed by atoms with Gasteiger partial charge < -0.3 is 54.0 Å². The molecule has 17 heteroatoms. The van der Waals surface area contributed by atoms with Gasteiger partial charge in [0, 0.05) is 92.7 Å². The number of hydrogen-bond acceptors (Lipinski definition) is 16. The van der Waals surface area contributed by atoms with Gasteiger partial charge in [-0.3, -0.25) is 24.1 Å². The number of hydrogen-bond donors (Lipinski definition) is 5. The zero-order valence-electron chi connectivity index (χ0n) is 40.1. The quantitative estimate of drug-likeness (QED) is 0.237. The molecule has 4 bridgehead atoms. The average molecular weight is 941 g/mol. The van der Waals surface area contributed by atoms with Crippen LogP contribution in [0.4, 0.5) is 5.69 Å². The van der Waals surface area contributed by atoms with Crippen molar-refractivity contribution in [3.63, 3.8) is 0 Å². The summed E-state index contributed by atoms with van der Waals surface area (Å²) in [5.74, 6) is -10.1. The Morgan fingerprint density at radius 2 is 1.65 bits per heavy atom. The Hall–Kier alpha value is -5.75. The first-order valence-corrected chi connectivity index (χ1v) is 23.6. The van der Waals surface area contributed by atoms with Gasteiger partial charge in [0.2, 0.25) is 5.43 Å². The molecule has 8 rings (SSSR count). The van der Waals surface area contributed by atoms with E-state index < -0.39 is 100 Å². The lowest BCUT2D eigenvalue weighted by atomic mass is 9.69. The number of rotatable bonds is 4. The van der Waals surface area contributed by atoms with E-state index in [-0.39, 0.29) is 51.1 Å². The van der Waals surface area contributed by atoms with Crippen LogP contribution in [0.1, 0.15) is 92.0 Å². The maximum Gasteiger partial charge on any atom is 0.306 e.